The van der Waals surface area contributed by atoms with E-state index in [-0.39, 0.29) is 18.7 Å². The highest BCUT2D eigenvalue weighted by Crippen LogP contribution is 2.14. The third-order valence-corrected chi connectivity index (χ3v) is 2.28. The minimum atomic E-state index is -0.897. The Balaban J connectivity index is 2.31. The number of benzene rings is 1. The van der Waals surface area contributed by atoms with E-state index in [2.05, 4.69) is 10.6 Å². The second-order valence-corrected chi connectivity index (χ2v) is 3.86. The molecule has 0 fully saturated rings. The van der Waals surface area contributed by atoms with E-state index < -0.39 is 23.6 Å². The van der Waals surface area contributed by atoms with Gasteiger partial charge in [0, 0.05) is 19.0 Å². The number of carboxylic acids is 1. The highest BCUT2D eigenvalue weighted by molar-refractivity contribution is 5.89. The van der Waals surface area contributed by atoms with E-state index in [1.54, 1.807) is 0 Å². The van der Waals surface area contributed by atoms with E-state index in [4.69, 9.17) is 5.11 Å². The van der Waals surface area contributed by atoms with Gasteiger partial charge in [-0.2, -0.15) is 0 Å². The van der Waals surface area contributed by atoms with Crippen LogP contribution in [0.2, 0.25) is 0 Å². The van der Waals surface area contributed by atoms with Crippen LogP contribution >= 0.6 is 0 Å². The van der Waals surface area contributed by atoms with Crippen LogP contribution in [0.15, 0.2) is 18.2 Å². The van der Waals surface area contributed by atoms with E-state index in [0.717, 1.165) is 18.2 Å². The molecule has 0 aliphatic heterocycles. The van der Waals surface area contributed by atoms with Gasteiger partial charge in [-0.05, 0) is 25.0 Å². The first kappa shape index (κ1) is 14.9. The van der Waals surface area contributed by atoms with E-state index in [0.29, 0.717) is 12.8 Å². The summed E-state index contributed by atoms with van der Waals surface area (Å²) in [5.74, 6) is -2.29. The maximum atomic E-state index is 13.2. The van der Waals surface area contributed by atoms with Crippen LogP contribution in [-0.2, 0) is 4.79 Å². The average molecular weight is 272 g/mol. The number of halogens is 2. The molecular weight excluding hydrogens is 258 g/mol. The summed E-state index contributed by atoms with van der Waals surface area (Å²) in [7, 11) is 0. The van der Waals surface area contributed by atoms with Gasteiger partial charge >= 0.3 is 12.0 Å². The van der Waals surface area contributed by atoms with Crippen molar-refractivity contribution in [3.05, 3.63) is 29.8 Å². The van der Waals surface area contributed by atoms with Crippen LogP contribution < -0.4 is 10.6 Å². The quantitative estimate of drug-likeness (QED) is 0.695. The summed E-state index contributed by atoms with van der Waals surface area (Å²) in [6.45, 7) is 0.260. The molecule has 0 saturated heterocycles. The monoisotopic (exact) mass is 272 g/mol. The molecule has 1 aromatic rings. The van der Waals surface area contributed by atoms with Crippen LogP contribution in [0.3, 0.4) is 0 Å². The summed E-state index contributed by atoms with van der Waals surface area (Å²) in [5.41, 5.74) is -0.247. The summed E-state index contributed by atoms with van der Waals surface area (Å²) in [6.07, 6.45) is 0.955. The Bertz CT molecular complexity index is 466. The number of carboxylic acid groups (broad SMARTS) is 1. The number of rotatable bonds is 6. The molecule has 104 valence electrons. The maximum Gasteiger partial charge on any atom is 0.319 e. The van der Waals surface area contributed by atoms with Gasteiger partial charge in [-0.1, -0.05) is 0 Å². The zero-order chi connectivity index (χ0) is 14.3. The van der Waals surface area contributed by atoms with Gasteiger partial charge in [-0.15, -0.1) is 0 Å². The SMILES string of the molecule is O=C(O)CCCCNC(=O)Nc1cc(F)ccc1F. The summed E-state index contributed by atoms with van der Waals surface area (Å²) < 4.78 is 26.0. The van der Waals surface area contributed by atoms with Crippen molar-refractivity contribution in [3.8, 4) is 0 Å². The maximum absolute atomic E-state index is 13.2. The molecule has 1 rings (SSSR count). The molecule has 19 heavy (non-hydrogen) atoms. The van der Waals surface area contributed by atoms with Gasteiger partial charge in [0.1, 0.15) is 11.6 Å². The van der Waals surface area contributed by atoms with Gasteiger partial charge in [0.25, 0.3) is 0 Å². The number of hydrogen-bond donors (Lipinski definition) is 3. The average Bonchev–Trinajstić information content (AvgIpc) is 2.33. The predicted molar refractivity (Wildman–Crippen MR) is 64.9 cm³/mol. The van der Waals surface area contributed by atoms with E-state index in [9.17, 15) is 18.4 Å². The van der Waals surface area contributed by atoms with Crippen molar-refractivity contribution in [1.82, 2.24) is 5.32 Å². The zero-order valence-corrected chi connectivity index (χ0v) is 10.1. The van der Waals surface area contributed by atoms with E-state index in [1.807, 2.05) is 0 Å². The van der Waals surface area contributed by atoms with Gasteiger partial charge in [-0.3, -0.25) is 4.79 Å². The molecule has 0 aromatic heterocycles. The van der Waals surface area contributed by atoms with E-state index in [1.165, 1.54) is 0 Å². The standard InChI is InChI=1S/C12H14F2N2O3/c13-8-4-5-9(14)10(7-8)16-12(19)15-6-2-1-3-11(17)18/h4-5,7H,1-3,6H2,(H,17,18)(H2,15,16,19). The summed E-state index contributed by atoms with van der Waals surface area (Å²) in [6, 6.07) is 2.07. The number of anilines is 1. The molecule has 5 nitrogen and oxygen atoms in total. The molecule has 0 radical (unpaired) electrons. The molecule has 0 aliphatic carbocycles. The van der Waals surface area contributed by atoms with Gasteiger partial charge in [0.05, 0.1) is 5.69 Å². The molecular formula is C12H14F2N2O3. The Morgan fingerprint density at radius 1 is 1.21 bits per heavy atom. The van der Waals surface area contributed by atoms with Crippen molar-refractivity contribution < 1.29 is 23.5 Å². The van der Waals surface area contributed by atoms with Gasteiger partial charge in [0.2, 0.25) is 0 Å². The minimum absolute atomic E-state index is 0.0296. The van der Waals surface area contributed by atoms with Crippen molar-refractivity contribution in [1.29, 1.82) is 0 Å². The molecule has 2 amide bonds. The number of aliphatic carboxylic acids is 1. The van der Waals surface area contributed by atoms with Gasteiger partial charge in [0.15, 0.2) is 0 Å². The van der Waals surface area contributed by atoms with Crippen molar-refractivity contribution >= 4 is 17.7 Å². The van der Waals surface area contributed by atoms with E-state index >= 15 is 0 Å². The fourth-order valence-electron chi connectivity index (χ4n) is 1.36. The highest BCUT2D eigenvalue weighted by Gasteiger charge is 2.07. The third kappa shape index (κ3) is 5.80. The van der Waals surface area contributed by atoms with Gasteiger partial charge < -0.3 is 15.7 Å². The molecule has 7 heteroatoms. The Hall–Kier alpha value is -2.18. The van der Waals surface area contributed by atoms with Crippen LogP contribution in [0.1, 0.15) is 19.3 Å². The third-order valence-electron chi connectivity index (χ3n) is 2.28. The molecule has 0 atom stereocenters. The van der Waals surface area contributed by atoms with Crippen LogP contribution in [0.25, 0.3) is 0 Å². The summed E-state index contributed by atoms with van der Waals surface area (Å²) in [5, 5.41) is 13.0. The van der Waals surface area contributed by atoms with Crippen LogP contribution in [0, 0.1) is 11.6 Å². The fourth-order valence-corrected chi connectivity index (χ4v) is 1.36. The zero-order valence-electron chi connectivity index (χ0n) is 10.1. The highest BCUT2D eigenvalue weighted by atomic mass is 19.1. The lowest BCUT2D eigenvalue weighted by atomic mass is 10.2. The van der Waals surface area contributed by atoms with Crippen LogP contribution in [0.5, 0.6) is 0 Å². The smallest absolute Gasteiger partial charge is 0.319 e. The van der Waals surface area contributed by atoms with Crippen molar-refractivity contribution in [2.45, 2.75) is 19.3 Å². The summed E-state index contributed by atoms with van der Waals surface area (Å²) >= 11 is 0. The van der Waals surface area contributed by atoms with Crippen molar-refractivity contribution in [2.24, 2.45) is 0 Å². The molecule has 0 bridgehead atoms. The number of carbonyl (C=O) groups excluding carboxylic acids is 1. The minimum Gasteiger partial charge on any atom is -0.481 e. The summed E-state index contributed by atoms with van der Waals surface area (Å²) in [4.78, 5) is 21.6. The molecule has 3 N–H and O–H groups in total. The molecule has 0 heterocycles. The lowest BCUT2D eigenvalue weighted by molar-refractivity contribution is -0.137. The largest absolute Gasteiger partial charge is 0.481 e. The Kier molecular flexibility index (Phi) is 5.72. The number of hydrogen-bond acceptors (Lipinski definition) is 2. The second-order valence-electron chi connectivity index (χ2n) is 3.86. The Morgan fingerprint density at radius 3 is 2.63 bits per heavy atom. The molecule has 0 unspecified atom stereocenters. The Morgan fingerprint density at radius 2 is 1.95 bits per heavy atom. The van der Waals surface area contributed by atoms with Crippen molar-refractivity contribution in [2.75, 3.05) is 11.9 Å². The van der Waals surface area contributed by atoms with Gasteiger partial charge in [-0.25, -0.2) is 13.6 Å². The first-order chi connectivity index (χ1) is 8.99. The topological polar surface area (TPSA) is 78.4 Å². The fraction of sp³-hybridized carbons (Fsp3) is 0.333. The van der Waals surface area contributed by atoms with Crippen LogP contribution in [-0.4, -0.2) is 23.7 Å². The Labute approximate surface area is 108 Å². The molecule has 1 aromatic carbocycles. The molecule has 0 saturated carbocycles. The first-order valence-corrected chi connectivity index (χ1v) is 5.70. The lowest BCUT2D eigenvalue weighted by Gasteiger charge is -2.08. The lowest BCUT2D eigenvalue weighted by Crippen LogP contribution is -2.30. The second kappa shape index (κ2) is 7.30. The molecule has 0 aliphatic rings. The predicted octanol–water partition coefficient (Wildman–Crippen LogP) is 2.34. The number of amides is 2. The number of urea groups is 1. The first-order valence-electron chi connectivity index (χ1n) is 5.70. The number of carbonyl (C=O) groups is 2. The van der Waals surface area contributed by atoms with Crippen molar-refractivity contribution in [3.63, 3.8) is 0 Å². The van der Waals surface area contributed by atoms with Crippen LogP contribution in [0.4, 0.5) is 19.3 Å². The number of unbranched alkanes of at least 4 members (excludes halogenated alkanes) is 1. The normalized spacial score (nSPS) is 10.0. The number of nitrogens with one attached hydrogen (secondary N) is 2. The molecule has 0 spiro atoms.